The van der Waals surface area contributed by atoms with Gasteiger partial charge in [-0.1, -0.05) is 25.3 Å². The molecule has 1 aliphatic rings. The molecule has 6 heteroatoms. The minimum atomic E-state index is 0.448. The van der Waals surface area contributed by atoms with Gasteiger partial charge in [0.15, 0.2) is 0 Å². The maximum Gasteiger partial charge on any atom is 0.224 e. The van der Waals surface area contributed by atoms with E-state index in [1.165, 1.54) is 37.7 Å². The molecule has 0 unspecified atom stereocenters. The molecule has 1 N–H and O–H groups in total. The molecule has 0 atom stereocenters. The van der Waals surface area contributed by atoms with Gasteiger partial charge in [0.1, 0.15) is 17.2 Å². The standard InChI is InChI=1S/C26H25N5O/c1-17-7-9-21-22(15-17)31(25(29-21)19-8-10-23-18(16-19)12-14-32-23)24-11-13-27-26(30-24)28-20-5-3-2-4-6-20/h7-16,20H,2-6H2,1H3,(H,27,28,30). The third kappa shape index (κ3) is 3.42. The van der Waals surface area contributed by atoms with Gasteiger partial charge in [-0.05, 0) is 67.8 Å². The molecule has 1 fully saturated rings. The number of hydrogen-bond acceptors (Lipinski definition) is 5. The van der Waals surface area contributed by atoms with E-state index in [4.69, 9.17) is 14.4 Å². The highest BCUT2D eigenvalue weighted by Crippen LogP contribution is 2.31. The van der Waals surface area contributed by atoms with Gasteiger partial charge >= 0.3 is 0 Å². The number of anilines is 1. The van der Waals surface area contributed by atoms with Crippen molar-refractivity contribution in [2.45, 2.75) is 45.1 Å². The molecule has 3 heterocycles. The summed E-state index contributed by atoms with van der Waals surface area (Å²) < 4.78 is 7.67. The Labute approximate surface area is 186 Å². The number of aryl methyl sites for hydroxylation is 1. The molecule has 0 aliphatic heterocycles. The fourth-order valence-electron chi connectivity index (χ4n) is 4.69. The first-order valence-electron chi connectivity index (χ1n) is 11.3. The fraction of sp³-hybridized carbons (Fsp3) is 0.269. The molecule has 32 heavy (non-hydrogen) atoms. The zero-order valence-electron chi connectivity index (χ0n) is 18.1. The number of fused-ring (bicyclic) bond motifs is 2. The summed E-state index contributed by atoms with van der Waals surface area (Å²) in [4.78, 5) is 14.4. The third-order valence-electron chi connectivity index (χ3n) is 6.33. The first-order valence-corrected chi connectivity index (χ1v) is 11.3. The van der Waals surface area contributed by atoms with Gasteiger partial charge < -0.3 is 9.73 Å². The van der Waals surface area contributed by atoms with Crippen molar-refractivity contribution in [1.29, 1.82) is 0 Å². The van der Waals surface area contributed by atoms with Crippen LogP contribution in [0, 0.1) is 6.92 Å². The molecule has 0 radical (unpaired) electrons. The van der Waals surface area contributed by atoms with E-state index < -0.39 is 0 Å². The zero-order valence-corrected chi connectivity index (χ0v) is 18.1. The van der Waals surface area contributed by atoms with E-state index in [1.807, 2.05) is 24.4 Å². The lowest BCUT2D eigenvalue weighted by Gasteiger charge is -2.22. The average molecular weight is 424 g/mol. The summed E-state index contributed by atoms with van der Waals surface area (Å²) in [5.41, 5.74) is 5.06. The average Bonchev–Trinajstić information content (AvgIpc) is 3.43. The number of nitrogens with zero attached hydrogens (tertiary/aromatic N) is 4. The summed E-state index contributed by atoms with van der Waals surface area (Å²) >= 11 is 0. The van der Waals surface area contributed by atoms with E-state index in [9.17, 15) is 0 Å². The first-order chi connectivity index (χ1) is 15.7. The van der Waals surface area contributed by atoms with Gasteiger partial charge in [-0.2, -0.15) is 4.98 Å². The maximum absolute atomic E-state index is 5.53. The van der Waals surface area contributed by atoms with E-state index in [0.29, 0.717) is 12.0 Å². The van der Waals surface area contributed by atoms with Crippen LogP contribution in [0.1, 0.15) is 37.7 Å². The molecule has 160 valence electrons. The summed E-state index contributed by atoms with van der Waals surface area (Å²) in [5.74, 6) is 2.35. The van der Waals surface area contributed by atoms with Crippen LogP contribution < -0.4 is 5.32 Å². The van der Waals surface area contributed by atoms with Gasteiger partial charge in [0.05, 0.1) is 17.3 Å². The largest absolute Gasteiger partial charge is 0.464 e. The normalized spacial score (nSPS) is 14.9. The first kappa shape index (κ1) is 19.0. The fourth-order valence-corrected chi connectivity index (χ4v) is 4.69. The second kappa shape index (κ2) is 7.79. The minimum Gasteiger partial charge on any atom is -0.464 e. The SMILES string of the molecule is Cc1ccc2nc(-c3ccc4occc4c3)n(-c3ccnc(NC4CCCCC4)n3)c2c1. The quantitative estimate of drug-likeness (QED) is 0.368. The van der Waals surface area contributed by atoms with Crippen molar-refractivity contribution in [2.24, 2.45) is 0 Å². The van der Waals surface area contributed by atoms with Gasteiger partial charge in [-0.15, -0.1) is 0 Å². The summed E-state index contributed by atoms with van der Waals surface area (Å²) in [7, 11) is 0. The van der Waals surface area contributed by atoms with Gasteiger partial charge in [0, 0.05) is 23.2 Å². The van der Waals surface area contributed by atoms with Crippen molar-refractivity contribution in [1.82, 2.24) is 19.5 Å². The second-order valence-corrected chi connectivity index (χ2v) is 8.65. The molecule has 0 bridgehead atoms. The Kier molecular flexibility index (Phi) is 4.63. The van der Waals surface area contributed by atoms with Crippen LogP contribution >= 0.6 is 0 Å². The molecule has 0 amide bonds. The number of hydrogen-bond donors (Lipinski definition) is 1. The van der Waals surface area contributed by atoms with E-state index in [1.54, 1.807) is 6.26 Å². The van der Waals surface area contributed by atoms with Crippen molar-refractivity contribution < 1.29 is 4.42 Å². The Morgan fingerprint density at radius 3 is 2.78 bits per heavy atom. The molecule has 5 aromatic rings. The summed E-state index contributed by atoms with van der Waals surface area (Å²) in [6.45, 7) is 2.10. The molecule has 6 nitrogen and oxygen atoms in total. The summed E-state index contributed by atoms with van der Waals surface area (Å²) in [6.07, 6.45) is 9.76. The summed E-state index contributed by atoms with van der Waals surface area (Å²) in [6, 6.07) is 16.9. The zero-order chi connectivity index (χ0) is 21.5. The predicted octanol–water partition coefficient (Wildman–Crippen LogP) is 6.28. The van der Waals surface area contributed by atoms with E-state index in [2.05, 4.69) is 52.1 Å². The van der Waals surface area contributed by atoms with Crippen LogP contribution in [0.3, 0.4) is 0 Å². The Bertz CT molecular complexity index is 1410. The maximum atomic E-state index is 5.53. The van der Waals surface area contributed by atoms with Gasteiger partial charge in [-0.25, -0.2) is 9.97 Å². The topological polar surface area (TPSA) is 68.8 Å². The molecule has 1 aliphatic carbocycles. The van der Waals surface area contributed by atoms with Crippen LogP contribution in [0.15, 0.2) is 65.4 Å². The molecule has 6 rings (SSSR count). The Balaban J connectivity index is 1.49. The lowest BCUT2D eigenvalue weighted by molar-refractivity contribution is 0.461. The Hall–Kier alpha value is -3.67. The van der Waals surface area contributed by atoms with Crippen LogP contribution in [-0.2, 0) is 0 Å². The third-order valence-corrected chi connectivity index (χ3v) is 6.33. The highest BCUT2D eigenvalue weighted by atomic mass is 16.3. The smallest absolute Gasteiger partial charge is 0.224 e. The number of aromatic nitrogens is 4. The molecule has 0 spiro atoms. The highest BCUT2D eigenvalue weighted by molar-refractivity contribution is 5.87. The van der Waals surface area contributed by atoms with E-state index in [-0.39, 0.29) is 0 Å². The predicted molar refractivity (Wildman–Crippen MR) is 127 cm³/mol. The number of furan rings is 1. The second-order valence-electron chi connectivity index (χ2n) is 8.65. The lowest BCUT2D eigenvalue weighted by atomic mass is 9.96. The van der Waals surface area contributed by atoms with Crippen LogP contribution in [0.2, 0.25) is 0 Å². The van der Waals surface area contributed by atoms with Crippen LogP contribution in [-0.4, -0.2) is 25.6 Å². The Morgan fingerprint density at radius 2 is 1.88 bits per heavy atom. The molecular weight excluding hydrogens is 398 g/mol. The van der Waals surface area contributed by atoms with Gasteiger partial charge in [0.2, 0.25) is 5.95 Å². The number of imidazole rings is 1. The van der Waals surface area contributed by atoms with Gasteiger partial charge in [-0.3, -0.25) is 4.57 Å². The van der Waals surface area contributed by atoms with Crippen LogP contribution in [0.4, 0.5) is 5.95 Å². The van der Waals surface area contributed by atoms with Crippen LogP contribution in [0.5, 0.6) is 0 Å². The van der Waals surface area contributed by atoms with Crippen molar-refractivity contribution in [3.05, 3.63) is 66.6 Å². The van der Waals surface area contributed by atoms with Crippen molar-refractivity contribution in [3.63, 3.8) is 0 Å². The lowest BCUT2D eigenvalue weighted by Crippen LogP contribution is -2.23. The molecule has 1 saturated carbocycles. The van der Waals surface area contributed by atoms with Crippen molar-refractivity contribution in [3.8, 4) is 17.2 Å². The monoisotopic (exact) mass is 423 g/mol. The van der Waals surface area contributed by atoms with Crippen molar-refractivity contribution in [2.75, 3.05) is 5.32 Å². The minimum absolute atomic E-state index is 0.448. The van der Waals surface area contributed by atoms with Crippen LogP contribution in [0.25, 0.3) is 39.2 Å². The molecular formula is C26H25N5O. The highest BCUT2D eigenvalue weighted by Gasteiger charge is 2.18. The van der Waals surface area contributed by atoms with Crippen molar-refractivity contribution >= 4 is 28.0 Å². The number of nitrogens with one attached hydrogen (secondary N) is 1. The van der Waals surface area contributed by atoms with E-state index >= 15 is 0 Å². The molecule has 2 aromatic carbocycles. The Morgan fingerprint density at radius 1 is 0.969 bits per heavy atom. The molecule has 0 saturated heterocycles. The van der Waals surface area contributed by atoms with E-state index in [0.717, 1.165) is 39.2 Å². The number of rotatable bonds is 4. The molecule has 3 aromatic heterocycles. The van der Waals surface area contributed by atoms with Gasteiger partial charge in [0.25, 0.3) is 0 Å². The number of benzene rings is 2. The summed E-state index contributed by atoms with van der Waals surface area (Å²) in [5, 5.41) is 4.61.